The van der Waals surface area contributed by atoms with E-state index in [1.165, 1.54) is 26.1 Å². The molecule has 0 aliphatic heterocycles. The van der Waals surface area contributed by atoms with Gasteiger partial charge in [0.15, 0.2) is 0 Å². The molecule has 5 rings (SSSR count). The highest BCUT2D eigenvalue weighted by atomic mass is 16.4. The maximum Gasteiger partial charge on any atom is 0.305 e. The van der Waals surface area contributed by atoms with Crippen LogP contribution in [0, 0.1) is 0 Å². The lowest BCUT2D eigenvalue weighted by atomic mass is 9.98. The Morgan fingerprint density at radius 3 is 1.99 bits per heavy atom. The van der Waals surface area contributed by atoms with Crippen molar-refractivity contribution in [2.45, 2.75) is 120 Å². The summed E-state index contributed by atoms with van der Waals surface area (Å²) in [6.45, 7) is 3.02. The minimum Gasteiger partial charge on any atom is -0.508 e. The Labute approximate surface area is 446 Å². The van der Waals surface area contributed by atoms with Crippen molar-refractivity contribution in [3.05, 3.63) is 114 Å². The second-order valence-corrected chi connectivity index (χ2v) is 19.0. The van der Waals surface area contributed by atoms with Crippen LogP contribution in [0.4, 0.5) is 0 Å². The van der Waals surface area contributed by atoms with Gasteiger partial charge >= 0.3 is 5.97 Å². The third-order valence-corrected chi connectivity index (χ3v) is 13.1. The molecule has 1 aromatic heterocycles. The third-order valence-electron chi connectivity index (χ3n) is 13.1. The number of para-hydroxylation sites is 1. The molecule has 22 nitrogen and oxygen atoms in total. The number of unbranched alkanes of at least 4 members (excludes halogenated alkanes) is 2. The first-order valence-corrected chi connectivity index (χ1v) is 25.6. The minimum atomic E-state index is -1.72. The van der Waals surface area contributed by atoms with Gasteiger partial charge in [0.2, 0.25) is 47.3 Å². The number of primary amides is 1. The lowest BCUT2D eigenvalue weighted by molar-refractivity contribution is -0.144. The molecule has 0 saturated heterocycles. The van der Waals surface area contributed by atoms with Gasteiger partial charge in [0.1, 0.15) is 42.0 Å². The Morgan fingerprint density at radius 2 is 1.30 bits per heavy atom. The number of aromatic amines is 1. The molecule has 0 unspecified atom stereocenters. The van der Waals surface area contributed by atoms with Gasteiger partial charge in [0.05, 0.1) is 19.0 Å². The largest absolute Gasteiger partial charge is 0.508 e. The molecule has 0 saturated carbocycles. The van der Waals surface area contributed by atoms with E-state index in [4.69, 9.17) is 17.2 Å². The van der Waals surface area contributed by atoms with Crippen LogP contribution >= 0.6 is 0 Å². The molecule has 0 spiro atoms. The summed E-state index contributed by atoms with van der Waals surface area (Å²) >= 11 is 0. The molecule has 8 amide bonds. The number of rotatable bonds is 30. The standard InChI is InChI=1S/C55H71N11O11/c1-4-5-20-46(54(76)65-44(29-48(69)70)53(75)63-42(49(58)71)27-35-15-12-14-34-13-6-7-16-38(34)35)66(3)55(77)45(28-36-30-59-41-19-9-8-17-39(36)41)62-47(68)31-60-52(74)43(26-33-21-23-37(67)24-22-33)64-50(72)32(2)61-51(73)40(57)18-10-11-25-56/h6-9,12-17,19,21-24,30,32,40,42-46,59,67H,4-5,10-11,18,20,25-29,31,56-57H2,1-3H3,(H2,58,71)(H,60,74)(H,61,73)(H,62,68)(H,63,75)(H,64,72)(H,65,76)(H,69,70)/t32-,40+,42-,43-,44-,45-,46-/m0/s1. The number of carbonyl (C=O) groups excluding carboxylic acids is 8. The number of H-pyrrole nitrogens is 1. The fourth-order valence-electron chi connectivity index (χ4n) is 8.79. The summed E-state index contributed by atoms with van der Waals surface area (Å²) in [6, 6.07) is 16.9. The number of carboxylic acid groups (broad SMARTS) is 1. The van der Waals surface area contributed by atoms with E-state index in [2.05, 4.69) is 36.9 Å². The Morgan fingerprint density at radius 1 is 0.649 bits per heavy atom. The van der Waals surface area contributed by atoms with Crippen LogP contribution < -0.4 is 49.1 Å². The second kappa shape index (κ2) is 29.1. The van der Waals surface area contributed by atoms with Gasteiger partial charge in [-0.25, -0.2) is 0 Å². The maximum absolute atomic E-state index is 14.8. The highest BCUT2D eigenvalue weighted by molar-refractivity contribution is 5.98. The van der Waals surface area contributed by atoms with Gasteiger partial charge in [-0.3, -0.25) is 43.2 Å². The Bertz CT molecular complexity index is 2870. The van der Waals surface area contributed by atoms with Crippen LogP contribution in [0.5, 0.6) is 5.75 Å². The van der Waals surface area contributed by atoms with E-state index in [0.717, 1.165) is 26.6 Å². The first-order chi connectivity index (χ1) is 36.8. The van der Waals surface area contributed by atoms with Crippen LogP contribution in [0.15, 0.2) is 97.2 Å². The number of nitrogens with two attached hydrogens (primary N) is 3. The first kappa shape index (κ1) is 59.5. The number of carbonyl (C=O) groups is 9. The monoisotopic (exact) mass is 1060 g/mol. The van der Waals surface area contributed by atoms with Crippen LogP contribution in [-0.2, 0) is 62.4 Å². The number of aromatic hydroxyl groups is 1. The molecule has 0 radical (unpaired) electrons. The zero-order valence-electron chi connectivity index (χ0n) is 43.5. The number of aromatic nitrogens is 1. The van der Waals surface area contributed by atoms with Crippen molar-refractivity contribution in [1.29, 1.82) is 0 Å². The molecule has 15 N–H and O–H groups in total. The predicted octanol–water partition coefficient (Wildman–Crippen LogP) is 1.05. The average Bonchev–Trinajstić information content (AvgIpc) is 3.82. The van der Waals surface area contributed by atoms with Gasteiger partial charge in [-0.05, 0) is 78.4 Å². The number of aliphatic carboxylic acids is 1. The molecular weight excluding hydrogens is 991 g/mol. The van der Waals surface area contributed by atoms with Gasteiger partial charge < -0.3 is 69.2 Å². The average molecular weight is 1060 g/mol. The number of phenols is 1. The Kier molecular flexibility index (Phi) is 22.5. The number of hydrogen-bond acceptors (Lipinski definition) is 12. The zero-order chi connectivity index (χ0) is 56.2. The molecule has 77 heavy (non-hydrogen) atoms. The minimum absolute atomic E-state index is 0.0381. The number of carboxylic acids is 1. The van der Waals surface area contributed by atoms with Gasteiger partial charge in [-0.2, -0.15) is 0 Å². The van der Waals surface area contributed by atoms with E-state index >= 15 is 0 Å². The Hall–Kier alpha value is -8.37. The number of likely N-dealkylation sites (N-methyl/N-ethyl adjacent to an activating group) is 1. The molecular formula is C55H71N11O11. The van der Waals surface area contributed by atoms with Crippen LogP contribution in [0.2, 0.25) is 0 Å². The number of nitrogens with one attached hydrogen (secondary N) is 7. The van der Waals surface area contributed by atoms with Crippen molar-refractivity contribution >= 4 is 74.9 Å². The fraction of sp³-hybridized carbons (Fsp3) is 0.400. The van der Waals surface area contributed by atoms with Crippen LogP contribution in [-0.4, -0.2) is 136 Å². The summed E-state index contributed by atoms with van der Waals surface area (Å²) in [6.07, 6.45) is 3.18. The lowest BCUT2D eigenvalue weighted by Crippen LogP contribution is -2.59. The third kappa shape index (κ3) is 17.6. The summed E-state index contributed by atoms with van der Waals surface area (Å²) in [5.74, 6) is -7.95. The maximum atomic E-state index is 14.8. The van der Waals surface area contributed by atoms with Crippen molar-refractivity contribution in [3.8, 4) is 5.75 Å². The number of benzene rings is 4. The van der Waals surface area contributed by atoms with Crippen LogP contribution in [0.25, 0.3) is 21.7 Å². The number of amides is 8. The number of nitrogens with zero attached hydrogens (tertiary/aromatic N) is 1. The number of fused-ring (bicyclic) bond motifs is 2. The highest BCUT2D eigenvalue weighted by Crippen LogP contribution is 2.22. The van der Waals surface area contributed by atoms with Gasteiger partial charge in [-0.15, -0.1) is 0 Å². The Balaban J connectivity index is 1.34. The van der Waals surface area contributed by atoms with Crippen LogP contribution in [0.3, 0.4) is 0 Å². The molecule has 7 atom stereocenters. The molecule has 22 heteroatoms. The highest BCUT2D eigenvalue weighted by Gasteiger charge is 2.36. The topological polar surface area (TPSA) is 363 Å². The molecule has 412 valence electrons. The lowest BCUT2D eigenvalue weighted by Gasteiger charge is -2.32. The van der Waals surface area contributed by atoms with Crippen molar-refractivity contribution in [3.63, 3.8) is 0 Å². The molecule has 1 heterocycles. The van der Waals surface area contributed by atoms with E-state index in [-0.39, 0.29) is 31.4 Å². The van der Waals surface area contributed by atoms with Gasteiger partial charge in [0.25, 0.3) is 0 Å². The number of hydrogen-bond donors (Lipinski definition) is 12. The van der Waals surface area contributed by atoms with Gasteiger partial charge in [-0.1, -0.05) is 99.0 Å². The van der Waals surface area contributed by atoms with Crippen LogP contribution in [0.1, 0.15) is 75.5 Å². The van der Waals surface area contributed by atoms with E-state index in [0.29, 0.717) is 55.3 Å². The molecule has 4 aromatic carbocycles. The quantitative estimate of drug-likeness (QED) is 0.0287. The molecule has 5 aromatic rings. The van der Waals surface area contributed by atoms with E-state index < -0.39 is 108 Å². The van der Waals surface area contributed by atoms with Crippen molar-refractivity contribution in [2.24, 2.45) is 17.2 Å². The van der Waals surface area contributed by atoms with Gasteiger partial charge in [0, 0.05) is 43.4 Å². The second-order valence-electron chi connectivity index (χ2n) is 19.0. The molecule has 0 bridgehead atoms. The molecule has 0 aliphatic rings. The van der Waals surface area contributed by atoms with Crippen molar-refractivity contribution in [1.82, 2.24) is 41.8 Å². The number of phenolic OH excluding ortho intramolecular Hbond substituents is 1. The SMILES string of the molecule is CCCC[C@@H](C(=O)N[C@@H](CC(=O)O)C(=O)N[C@@H](Cc1cccc2ccccc12)C(N)=O)N(C)C(=O)[C@H](Cc1c[nH]c2ccccc12)NC(=O)CNC(=O)[C@H](Cc1ccc(O)cc1)NC(=O)[C@H](C)NC(=O)[C@H](N)CCCCN. The molecule has 0 aliphatic carbocycles. The van der Waals surface area contributed by atoms with E-state index in [9.17, 15) is 53.4 Å². The summed E-state index contributed by atoms with van der Waals surface area (Å²) in [5.41, 5.74) is 19.9. The fourth-order valence-corrected chi connectivity index (χ4v) is 8.79. The summed E-state index contributed by atoms with van der Waals surface area (Å²) in [5, 5.41) is 37.6. The molecule has 0 fully saturated rings. The van der Waals surface area contributed by atoms with E-state index in [1.807, 2.05) is 55.5 Å². The summed E-state index contributed by atoms with van der Waals surface area (Å²) < 4.78 is 0. The summed E-state index contributed by atoms with van der Waals surface area (Å²) in [4.78, 5) is 126. The van der Waals surface area contributed by atoms with E-state index in [1.54, 1.807) is 36.5 Å². The summed E-state index contributed by atoms with van der Waals surface area (Å²) in [7, 11) is 1.34. The predicted molar refractivity (Wildman–Crippen MR) is 288 cm³/mol. The zero-order valence-corrected chi connectivity index (χ0v) is 43.5. The van der Waals surface area contributed by atoms with Crippen molar-refractivity contribution < 1.29 is 53.4 Å². The normalized spacial score (nSPS) is 13.9. The first-order valence-electron chi connectivity index (χ1n) is 25.6. The van der Waals surface area contributed by atoms with Crippen molar-refractivity contribution in [2.75, 3.05) is 20.1 Å². The smallest absolute Gasteiger partial charge is 0.305 e.